The van der Waals surface area contributed by atoms with Crippen molar-refractivity contribution < 1.29 is 9.53 Å². The fourth-order valence-electron chi connectivity index (χ4n) is 1.76. The maximum Gasteiger partial charge on any atom is 0.324 e. The molecule has 2 heteroatoms. The highest BCUT2D eigenvalue weighted by Crippen LogP contribution is 2.39. The van der Waals surface area contributed by atoms with Gasteiger partial charge in [-0.3, -0.25) is 4.79 Å². The lowest BCUT2D eigenvalue weighted by atomic mass is 9.80. The van der Waals surface area contributed by atoms with Gasteiger partial charge in [-0.05, 0) is 5.57 Å². The molecule has 0 aromatic carbocycles. The minimum atomic E-state index is -0.697. The number of hydrogen-bond acceptors (Lipinski definition) is 2. The molecule has 0 saturated carbocycles. The lowest BCUT2D eigenvalue weighted by Gasteiger charge is -2.25. The molecule has 2 nitrogen and oxygen atoms in total. The second kappa shape index (κ2) is 3.73. The highest BCUT2D eigenvalue weighted by molar-refractivity contribution is 5.88. The van der Waals surface area contributed by atoms with E-state index < -0.39 is 5.41 Å². The Morgan fingerprint density at radius 2 is 2.20 bits per heavy atom. The van der Waals surface area contributed by atoms with Crippen molar-refractivity contribution in [3.05, 3.63) is 60.8 Å². The Hall–Kier alpha value is -1.83. The highest BCUT2D eigenvalue weighted by Gasteiger charge is 2.40. The molecule has 2 rings (SSSR count). The highest BCUT2D eigenvalue weighted by atomic mass is 16.5. The largest absolute Gasteiger partial charge is 0.460 e. The first kappa shape index (κ1) is 9.71. The van der Waals surface area contributed by atoms with Gasteiger partial charge in [0.05, 0.1) is 0 Å². The Kier molecular flexibility index (Phi) is 2.42. The molecule has 0 radical (unpaired) electrons. The topological polar surface area (TPSA) is 26.3 Å². The summed E-state index contributed by atoms with van der Waals surface area (Å²) >= 11 is 0. The zero-order valence-electron chi connectivity index (χ0n) is 8.35. The summed E-state index contributed by atoms with van der Waals surface area (Å²) in [4.78, 5) is 11.9. The number of ether oxygens (including phenoxy) is 1. The average Bonchev–Trinajstić information content (AvgIpc) is 2.70. The first-order chi connectivity index (χ1) is 7.29. The van der Waals surface area contributed by atoms with Gasteiger partial charge >= 0.3 is 5.97 Å². The number of allylic oxidation sites excluding steroid dienone is 5. The normalized spacial score (nSPS) is 26.0. The molecule has 76 valence electrons. The number of fused-ring (bicyclic) bond motifs is 1. The van der Waals surface area contributed by atoms with Crippen LogP contribution in [0.15, 0.2) is 60.8 Å². The van der Waals surface area contributed by atoms with Gasteiger partial charge in [-0.25, -0.2) is 0 Å². The van der Waals surface area contributed by atoms with Crippen molar-refractivity contribution in [1.82, 2.24) is 0 Å². The number of hydrogen-bond donors (Lipinski definition) is 0. The van der Waals surface area contributed by atoms with Gasteiger partial charge in [-0.15, -0.1) is 0 Å². The molecule has 0 aromatic heterocycles. The molecular weight excluding hydrogens is 188 g/mol. The quantitative estimate of drug-likeness (QED) is 0.516. The van der Waals surface area contributed by atoms with Gasteiger partial charge in [0.2, 0.25) is 0 Å². The van der Waals surface area contributed by atoms with Crippen LogP contribution in [-0.4, -0.2) is 12.6 Å². The monoisotopic (exact) mass is 200 g/mol. The van der Waals surface area contributed by atoms with E-state index in [9.17, 15) is 4.79 Å². The summed E-state index contributed by atoms with van der Waals surface area (Å²) in [5, 5.41) is 0. The Balaban J connectivity index is 2.26. The van der Waals surface area contributed by atoms with Crippen LogP contribution in [0.2, 0.25) is 0 Å². The van der Waals surface area contributed by atoms with Crippen LogP contribution >= 0.6 is 0 Å². The first-order valence-electron chi connectivity index (χ1n) is 4.83. The van der Waals surface area contributed by atoms with Crippen LogP contribution in [0.3, 0.4) is 0 Å². The predicted molar refractivity (Wildman–Crippen MR) is 59.1 cm³/mol. The van der Waals surface area contributed by atoms with Crippen LogP contribution in [0, 0.1) is 5.41 Å². The Morgan fingerprint density at radius 3 is 3.00 bits per heavy atom. The minimum Gasteiger partial charge on any atom is -0.460 e. The molecule has 0 aromatic rings. The number of rotatable bonds is 3. The second-order valence-electron chi connectivity index (χ2n) is 3.46. The zero-order valence-corrected chi connectivity index (χ0v) is 8.35. The van der Waals surface area contributed by atoms with E-state index in [1.807, 2.05) is 42.5 Å². The van der Waals surface area contributed by atoms with Crippen LogP contribution in [0.4, 0.5) is 0 Å². The van der Waals surface area contributed by atoms with Crippen LogP contribution in [0.25, 0.3) is 0 Å². The van der Waals surface area contributed by atoms with E-state index in [0.29, 0.717) is 0 Å². The number of carbonyl (C=O) groups is 1. The third-order valence-corrected chi connectivity index (χ3v) is 2.53. The summed E-state index contributed by atoms with van der Waals surface area (Å²) in [5.74, 6) is -0.247. The molecule has 1 atom stereocenters. The summed E-state index contributed by atoms with van der Waals surface area (Å²) in [6.07, 6.45) is 14.8. The lowest BCUT2D eigenvalue weighted by molar-refractivity contribution is -0.147. The fourth-order valence-corrected chi connectivity index (χ4v) is 1.76. The summed E-state index contributed by atoms with van der Waals surface area (Å²) in [6.45, 7) is 3.77. The molecule has 0 heterocycles. The summed E-state index contributed by atoms with van der Waals surface area (Å²) in [5.41, 5.74) is 0.261. The van der Waals surface area contributed by atoms with E-state index >= 15 is 0 Å². The van der Waals surface area contributed by atoms with E-state index in [4.69, 9.17) is 4.74 Å². The molecule has 15 heavy (non-hydrogen) atoms. The minimum absolute atomic E-state index is 0.247. The van der Waals surface area contributed by atoms with Gasteiger partial charge in [0.25, 0.3) is 0 Å². The lowest BCUT2D eigenvalue weighted by Crippen LogP contribution is -2.30. The standard InChI is InChI=1S/C13H12O2/c1-2-10-15-12(14)13-8-4-3-6-11(13)7-5-9-13/h2-9H,1,10H2. The number of carbonyl (C=O) groups excluding carboxylic acids is 1. The van der Waals surface area contributed by atoms with Crippen LogP contribution in [0.1, 0.15) is 0 Å². The van der Waals surface area contributed by atoms with Crippen molar-refractivity contribution >= 4 is 5.97 Å². The molecule has 0 aliphatic heterocycles. The molecule has 0 fully saturated rings. The van der Waals surface area contributed by atoms with Gasteiger partial charge in [-0.2, -0.15) is 0 Å². The van der Waals surface area contributed by atoms with E-state index in [1.165, 1.54) is 0 Å². The smallest absolute Gasteiger partial charge is 0.324 e. The maximum atomic E-state index is 11.9. The molecule has 0 N–H and O–H groups in total. The molecule has 0 saturated heterocycles. The third kappa shape index (κ3) is 1.48. The van der Waals surface area contributed by atoms with Gasteiger partial charge in [0.15, 0.2) is 0 Å². The van der Waals surface area contributed by atoms with Crippen LogP contribution in [0.5, 0.6) is 0 Å². The van der Waals surface area contributed by atoms with Gasteiger partial charge < -0.3 is 4.74 Å². The Labute approximate surface area is 88.9 Å². The predicted octanol–water partition coefficient (Wildman–Crippen LogP) is 2.32. The zero-order chi connectivity index (χ0) is 10.7. The SMILES string of the molecule is C=CCOC(=O)C12C=CC=CC1=CC=C2. The number of esters is 1. The summed E-state index contributed by atoms with van der Waals surface area (Å²) < 4.78 is 5.10. The molecule has 0 spiro atoms. The average molecular weight is 200 g/mol. The van der Waals surface area contributed by atoms with Crippen LogP contribution in [-0.2, 0) is 9.53 Å². The maximum absolute atomic E-state index is 11.9. The molecular formula is C13H12O2. The first-order valence-corrected chi connectivity index (χ1v) is 4.83. The van der Waals surface area contributed by atoms with Crippen molar-refractivity contribution in [3.8, 4) is 0 Å². The van der Waals surface area contributed by atoms with Crippen molar-refractivity contribution in [2.24, 2.45) is 5.41 Å². The molecule has 0 bridgehead atoms. The Bertz CT molecular complexity index is 410. The van der Waals surface area contributed by atoms with E-state index in [-0.39, 0.29) is 12.6 Å². The molecule has 1 unspecified atom stereocenters. The third-order valence-electron chi connectivity index (χ3n) is 2.53. The van der Waals surface area contributed by atoms with E-state index in [0.717, 1.165) is 5.57 Å². The molecule has 2 aliphatic rings. The van der Waals surface area contributed by atoms with Crippen LogP contribution < -0.4 is 0 Å². The van der Waals surface area contributed by atoms with Crippen molar-refractivity contribution in [2.45, 2.75) is 0 Å². The fraction of sp³-hybridized carbons (Fsp3) is 0.154. The molecule has 0 amide bonds. The van der Waals surface area contributed by atoms with Crippen molar-refractivity contribution in [3.63, 3.8) is 0 Å². The van der Waals surface area contributed by atoms with Gasteiger partial charge in [0.1, 0.15) is 12.0 Å². The van der Waals surface area contributed by atoms with Crippen molar-refractivity contribution in [1.29, 1.82) is 0 Å². The Morgan fingerprint density at radius 1 is 1.40 bits per heavy atom. The van der Waals surface area contributed by atoms with Gasteiger partial charge in [0, 0.05) is 0 Å². The summed E-state index contributed by atoms with van der Waals surface area (Å²) in [6, 6.07) is 0. The van der Waals surface area contributed by atoms with E-state index in [1.54, 1.807) is 6.08 Å². The second-order valence-corrected chi connectivity index (χ2v) is 3.46. The summed E-state index contributed by atoms with van der Waals surface area (Å²) in [7, 11) is 0. The van der Waals surface area contributed by atoms with Gasteiger partial charge in [-0.1, -0.05) is 55.2 Å². The molecule has 2 aliphatic carbocycles. The van der Waals surface area contributed by atoms with E-state index in [2.05, 4.69) is 6.58 Å². The van der Waals surface area contributed by atoms with Crippen molar-refractivity contribution in [2.75, 3.05) is 6.61 Å².